The standard InChI is InChI=1S/C39H59N6O5P/c1-6-12-28(34(47)23(2)40-26-19-20-26)43-37(49)33-27-16-10-15-25(27)21-45(33)38(50)35(39(3,4)5)42-30(22-51)32(24-13-8-7-9-14-24)44-36(48)29-17-11-18-31(46)41-29/h11,17-18,22,24-28,32-33,35,40,42H,2,6-10,12-16,19-21,51H2,1,3-5H3,(H,41,46)(H,43,49)(H,44,48)/b30-22-/t25-,27-,28-,32?,33-,35+/m0/s1. The minimum atomic E-state index is -0.714. The second-order valence-electron chi connectivity index (χ2n) is 16.2. The summed E-state index contributed by atoms with van der Waals surface area (Å²) in [6.45, 7) is 12.5. The van der Waals surface area contributed by atoms with E-state index in [0.29, 0.717) is 30.8 Å². The van der Waals surface area contributed by atoms with Crippen molar-refractivity contribution in [1.29, 1.82) is 0 Å². The predicted molar refractivity (Wildman–Crippen MR) is 203 cm³/mol. The first-order chi connectivity index (χ1) is 24.3. The maximum Gasteiger partial charge on any atom is 0.268 e. The van der Waals surface area contributed by atoms with Crippen LogP contribution in [0.1, 0.15) is 115 Å². The van der Waals surface area contributed by atoms with Crippen molar-refractivity contribution in [2.45, 2.75) is 135 Å². The third-order valence-corrected chi connectivity index (χ3v) is 11.6. The number of rotatable bonds is 15. The fourth-order valence-electron chi connectivity index (χ4n) is 8.38. The average Bonchev–Trinajstić information content (AvgIpc) is 3.67. The van der Waals surface area contributed by atoms with Crippen molar-refractivity contribution in [3.8, 4) is 0 Å². The highest BCUT2D eigenvalue weighted by molar-refractivity contribution is 7.20. The second-order valence-corrected chi connectivity index (χ2v) is 16.6. The number of H-pyrrole nitrogens is 1. The van der Waals surface area contributed by atoms with Crippen LogP contribution in [0.25, 0.3) is 0 Å². The number of nitrogens with zero attached hydrogens (tertiary/aromatic N) is 1. The van der Waals surface area contributed by atoms with Crippen LogP contribution in [-0.4, -0.2) is 70.1 Å². The Bertz CT molecular complexity index is 1540. The molecule has 3 aliphatic carbocycles. The lowest BCUT2D eigenvalue weighted by Gasteiger charge is -2.40. The second kappa shape index (κ2) is 16.9. The van der Waals surface area contributed by atoms with Crippen molar-refractivity contribution in [1.82, 2.24) is 31.2 Å². The number of fused-ring (bicyclic) bond motifs is 1. The van der Waals surface area contributed by atoms with E-state index in [0.717, 1.165) is 64.2 Å². The van der Waals surface area contributed by atoms with Crippen LogP contribution in [0.3, 0.4) is 0 Å². The minimum Gasteiger partial charge on any atom is -0.380 e. The van der Waals surface area contributed by atoms with Gasteiger partial charge in [-0.3, -0.25) is 24.0 Å². The molecule has 2 unspecified atom stereocenters. The predicted octanol–water partition coefficient (Wildman–Crippen LogP) is 4.52. The summed E-state index contributed by atoms with van der Waals surface area (Å²) in [5, 5.41) is 13.0. The molecule has 4 fully saturated rings. The molecule has 11 nitrogen and oxygen atoms in total. The number of nitrogens with one attached hydrogen (secondary N) is 5. The normalized spacial score (nSPS) is 24.2. The first kappa shape index (κ1) is 38.8. The zero-order chi connectivity index (χ0) is 36.9. The maximum absolute atomic E-state index is 14.9. The summed E-state index contributed by atoms with van der Waals surface area (Å²) >= 11 is 0. The number of carbonyl (C=O) groups excluding carboxylic acids is 4. The van der Waals surface area contributed by atoms with Gasteiger partial charge in [-0.15, -0.1) is 9.24 Å². The van der Waals surface area contributed by atoms with Gasteiger partial charge in [-0.05, 0) is 80.0 Å². The molecule has 3 amide bonds. The van der Waals surface area contributed by atoms with Gasteiger partial charge in [0.2, 0.25) is 17.4 Å². The van der Waals surface area contributed by atoms with E-state index in [1.54, 1.807) is 17.0 Å². The van der Waals surface area contributed by atoms with E-state index in [2.05, 4.69) is 42.1 Å². The van der Waals surface area contributed by atoms with Crippen LogP contribution < -0.4 is 26.8 Å². The van der Waals surface area contributed by atoms with E-state index in [-0.39, 0.29) is 58.6 Å². The van der Waals surface area contributed by atoms with Crippen LogP contribution >= 0.6 is 9.24 Å². The van der Waals surface area contributed by atoms with Crippen LogP contribution in [0.4, 0.5) is 0 Å². The molecule has 1 aromatic heterocycles. The van der Waals surface area contributed by atoms with Gasteiger partial charge in [0.25, 0.3) is 5.91 Å². The number of aromatic nitrogens is 1. The smallest absolute Gasteiger partial charge is 0.268 e. The van der Waals surface area contributed by atoms with Crippen LogP contribution in [0.5, 0.6) is 0 Å². The van der Waals surface area contributed by atoms with E-state index in [1.807, 2.05) is 33.5 Å². The highest BCUT2D eigenvalue weighted by Gasteiger charge is 2.52. The molecule has 1 saturated heterocycles. The Balaban J connectivity index is 1.39. The zero-order valence-corrected chi connectivity index (χ0v) is 32.0. The molecular formula is C39H59N6O5P. The number of likely N-dealkylation sites (tertiary alicyclic amines) is 1. The average molecular weight is 723 g/mol. The van der Waals surface area contributed by atoms with Gasteiger partial charge in [-0.25, -0.2) is 0 Å². The summed E-state index contributed by atoms with van der Waals surface area (Å²) < 4.78 is 0. The van der Waals surface area contributed by atoms with Gasteiger partial charge in [0.1, 0.15) is 17.8 Å². The van der Waals surface area contributed by atoms with Crippen LogP contribution in [0.2, 0.25) is 0 Å². The molecule has 0 spiro atoms. The topological polar surface area (TPSA) is 152 Å². The molecule has 51 heavy (non-hydrogen) atoms. The summed E-state index contributed by atoms with van der Waals surface area (Å²) in [5.41, 5.74) is 0.310. The first-order valence-electron chi connectivity index (χ1n) is 19.1. The molecule has 2 heterocycles. The molecule has 7 atom stereocenters. The highest BCUT2D eigenvalue weighted by Crippen LogP contribution is 2.43. The lowest BCUT2D eigenvalue weighted by Crippen LogP contribution is -2.60. The highest BCUT2D eigenvalue weighted by atomic mass is 31.0. The van der Waals surface area contributed by atoms with E-state index in [9.17, 15) is 24.0 Å². The number of aromatic amines is 1. The Kier molecular flexibility index (Phi) is 12.9. The Labute approximate surface area is 305 Å². The van der Waals surface area contributed by atoms with Gasteiger partial charge >= 0.3 is 0 Å². The third-order valence-electron chi connectivity index (χ3n) is 11.3. The first-order valence-corrected chi connectivity index (χ1v) is 19.8. The summed E-state index contributed by atoms with van der Waals surface area (Å²) in [6, 6.07) is 2.26. The zero-order valence-electron chi connectivity index (χ0n) is 30.9. The summed E-state index contributed by atoms with van der Waals surface area (Å²) in [5.74, 6) is 1.21. The molecule has 0 aromatic carbocycles. The van der Waals surface area contributed by atoms with Gasteiger partial charge in [-0.2, -0.15) is 0 Å². The van der Waals surface area contributed by atoms with Crippen molar-refractivity contribution in [2.24, 2.45) is 23.2 Å². The van der Waals surface area contributed by atoms with Crippen LogP contribution in [0, 0.1) is 23.2 Å². The number of amides is 3. The minimum absolute atomic E-state index is 0.0267. The van der Waals surface area contributed by atoms with Crippen molar-refractivity contribution < 1.29 is 19.2 Å². The fourth-order valence-corrected chi connectivity index (χ4v) is 8.68. The maximum atomic E-state index is 14.9. The number of hydrogen-bond acceptors (Lipinski definition) is 7. The fraction of sp³-hybridized carbons (Fsp3) is 0.667. The van der Waals surface area contributed by atoms with Gasteiger partial charge < -0.3 is 31.2 Å². The lowest BCUT2D eigenvalue weighted by atomic mass is 9.81. The van der Waals surface area contributed by atoms with Crippen molar-refractivity contribution >= 4 is 32.7 Å². The van der Waals surface area contributed by atoms with Crippen molar-refractivity contribution in [3.05, 3.63) is 58.0 Å². The lowest BCUT2D eigenvalue weighted by molar-refractivity contribution is -0.143. The van der Waals surface area contributed by atoms with Gasteiger partial charge in [0.15, 0.2) is 5.78 Å². The molecule has 1 aliphatic heterocycles. The molecule has 12 heteroatoms. The van der Waals surface area contributed by atoms with Gasteiger partial charge in [-0.1, -0.05) is 72.4 Å². The van der Waals surface area contributed by atoms with E-state index >= 15 is 0 Å². The molecule has 5 rings (SSSR count). The summed E-state index contributed by atoms with van der Waals surface area (Å²) in [6.07, 6.45) is 11.1. The van der Waals surface area contributed by atoms with E-state index < -0.39 is 29.6 Å². The quantitative estimate of drug-likeness (QED) is 0.132. The molecular weight excluding hydrogens is 663 g/mol. The number of ketones is 1. The molecule has 3 saturated carbocycles. The Morgan fingerprint density at radius 3 is 2.35 bits per heavy atom. The summed E-state index contributed by atoms with van der Waals surface area (Å²) in [7, 11) is 2.64. The van der Waals surface area contributed by atoms with E-state index in [4.69, 9.17) is 0 Å². The molecule has 1 aromatic rings. The Morgan fingerprint density at radius 1 is 1.00 bits per heavy atom. The molecule has 280 valence electrons. The van der Waals surface area contributed by atoms with E-state index in [1.165, 1.54) is 6.07 Å². The number of hydrogen-bond donors (Lipinski definition) is 5. The van der Waals surface area contributed by atoms with Crippen molar-refractivity contribution in [3.63, 3.8) is 0 Å². The number of Topliss-reactive ketones (excluding diaryl/α,β-unsaturated/α-hetero) is 1. The van der Waals surface area contributed by atoms with Crippen LogP contribution in [-0.2, 0) is 14.4 Å². The number of pyridine rings is 1. The largest absolute Gasteiger partial charge is 0.380 e. The van der Waals surface area contributed by atoms with Crippen LogP contribution in [0.15, 0.2) is 46.8 Å². The molecule has 5 N–H and O–H groups in total. The molecule has 0 radical (unpaired) electrons. The third kappa shape index (κ3) is 9.51. The van der Waals surface area contributed by atoms with Gasteiger partial charge in [0, 0.05) is 24.4 Å². The number of carbonyl (C=O) groups is 4. The SMILES string of the molecule is C=C(NC1CC1)C(=O)[C@H](CCC)NC(=O)[C@@H]1[C@H]2CCC[C@H]2CN1C(=O)[C@@H](N/C(=C\P)C(NC(=O)c1cccc(=O)[nH]1)C1CCCCC1)C(C)(C)C. The molecule has 0 bridgehead atoms. The Hall–Kier alpha value is -3.46. The Morgan fingerprint density at radius 2 is 1.73 bits per heavy atom. The van der Waals surface area contributed by atoms with Gasteiger partial charge in [0.05, 0.1) is 17.8 Å². The summed E-state index contributed by atoms with van der Waals surface area (Å²) in [4.78, 5) is 72.5. The molecule has 4 aliphatic rings. The monoisotopic (exact) mass is 722 g/mol. The van der Waals surface area contributed by atoms with Crippen molar-refractivity contribution in [2.75, 3.05) is 6.54 Å².